The smallest absolute Gasteiger partial charge is 0.335 e. The molecule has 0 fully saturated rings. The van der Waals surface area contributed by atoms with Gasteiger partial charge in [0.25, 0.3) is 0 Å². The van der Waals surface area contributed by atoms with Gasteiger partial charge in [0, 0.05) is 19.0 Å². The first-order valence-electron chi connectivity index (χ1n) is 8.70. The number of aromatic carboxylic acids is 1. The Morgan fingerprint density at radius 1 is 1.08 bits per heavy atom. The highest BCUT2D eigenvalue weighted by molar-refractivity contribution is 5.87. The second kappa shape index (κ2) is 10.8. The number of benzene rings is 2. The molecule has 4 nitrogen and oxygen atoms in total. The lowest BCUT2D eigenvalue weighted by Gasteiger charge is -2.25. The fourth-order valence-corrected chi connectivity index (χ4v) is 2.55. The van der Waals surface area contributed by atoms with Crippen molar-refractivity contribution in [3.05, 3.63) is 65.7 Å². The van der Waals surface area contributed by atoms with E-state index in [2.05, 4.69) is 37.9 Å². The van der Waals surface area contributed by atoms with Gasteiger partial charge in [0.05, 0.1) is 5.56 Å². The summed E-state index contributed by atoms with van der Waals surface area (Å²) in [6, 6.07) is 17.4. The van der Waals surface area contributed by atoms with Gasteiger partial charge < -0.3 is 14.7 Å². The fraction of sp³-hybridized carbons (Fsp3) is 0.381. The summed E-state index contributed by atoms with van der Waals surface area (Å²) in [5, 5.41) is 9.00. The van der Waals surface area contributed by atoms with E-state index in [0.29, 0.717) is 11.8 Å². The Morgan fingerprint density at radius 3 is 2.23 bits per heavy atom. The fourth-order valence-electron chi connectivity index (χ4n) is 2.55. The van der Waals surface area contributed by atoms with Crippen LogP contribution < -0.4 is 4.74 Å². The van der Waals surface area contributed by atoms with E-state index in [-0.39, 0.29) is 24.1 Å². The number of hydrogen-bond donors (Lipinski definition) is 1. The molecule has 0 spiro atoms. The van der Waals surface area contributed by atoms with Crippen molar-refractivity contribution in [3.8, 4) is 5.75 Å². The van der Waals surface area contributed by atoms with Gasteiger partial charge in [0.1, 0.15) is 11.9 Å². The minimum Gasteiger partial charge on any atom is -0.490 e. The number of halogens is 1. The van der Waals surface area contributed by atoms with E-state index in [1.807, 2.05) is 18.2 Å². The van der Waals surface area contributed by atoms with E-state index in [1.165, 1.54) is 5.56 Å². The van der Waals surface area contributed by atoms with Gasteiger partial charge in [0.15, 0.2) is 0 Å². The summed E-state index contributed by atoms with van der Waals surface area (Å²) in [7, 11) is 2.12. The summed E-state index contributed by atoms with van der Waals surface area (Å²) in [6.45, 7) is 5.30. The molecule has 0 aliphatic rings. The van der Waals surface area contributed by atoms with Crippen LogP contribution in [0.25, 0.3) is 0 Å². The lowest BCUT2D eigenvalue weighted by atomic mass is 10.0. The third kappa shape index (κ3) is 7.06. The molecule has 1 N–H and O–H groups in total. The Kier molecular flexibility index (Phi) is 9.17. The minimum atomic E-state index is -0.925. The molecule has 0 amide bonds. The Morgan fingerprint density at radius 2 is 1.69 bits per heavy atom. The Labute approximate surface area is 162 Å². The zero-order valence-electron chi connectivity index (χ0n) is 15.6. The Hall–Kier alpha value is -2.04. The lowest BCUT2D eigenvalue weighted by Crippen LogP contribution is -2.32. The van der Waals surface area contributed by atoms with Crippen molar-refractivity contribution in [1.29, 1.82) is 0 Å². The molecule has 5 heteroatoms. The van der Waals surface area contributed by atoms with Crippen LogP contribution in [0.1, 0.15) is 36.2 Å². The monoisotopic (exact) mass is 377 g/mol. The third-order valence-electron chi connectivity index (χ3n) is 4.40. The van der Waals surface area contributed by atoms with Gasteiger partial charge in [-0.2, -0.15) is 0 Å². The molecule has 0 bridgehead atoms. The molecule has 0 radical (unpaired) electrons. The van der Waals surface area contributed by atoms with Crippen molar-refractivity contribution < 1.29 is 14.6 Å². The summed E-state index contributed by atoms with van der Waals surface area (Å²) in [4.78, 5) is 13.3. The molecule has 0 aromatic heterocycles. The van der Waals surface area contributed by atoms with E-state index in [1.54, 1.807) is 24.3 Å². The van der Waals surface area contributed by atoms with Gasteiger partial charge >= 0.3 is 5.97 Å². The van der Waals surface area contributed by atoms with Crippen molar-refractivity contribution in [3.63, 3.8) is 0 Å². The van der Waals surface area contributed by atoms with Crippen molar-refractivity contribution in [2.75, 3.05) is 13.6 Å². The second-order valence-corrected chi connectivity index (χ2v) is 6.62. The molecule has 2 aromatic rings. The van der Waals surface area contributed by atoms with Crippen LogP contribution in [0, 0.1) is 0 Å². The van der Waals surface area contributed by atoms with Crippen LogP contribution >= 0.6 is 12.4 Å². The molecule has 142 valence electrons. The summed E-state index contributed by atoms with van der Waals surface area (Å²) in [6.07, 6.45) is 1.77. The Bertz CT molecular complexity index is 659. The van der Waals surface area contributed by atoms with E-state index >= 15 is 0 Å². The normalized spacial score (nSPS) is 11.9. The maximum Gasteiger partial charge on any atom is 0.335 e. The van der Waals surface area contributed by atoms with Crippen molar-refractivity contribution >= 4 is 18.4 Å². The molecule has 1 unspecified atom stereocenters. The molecule has 0 aliphatic carbocycles. The number of hydrogen-bond acceptors (Lipinski definition) is 3. The SMILES string of the molecule is CC(C)N(C)CCC(Cc1ccccc1)Oc1ccc(C(=O)O)cc1.Cl. The number of carbonyl (C=O) groups is 1. The van der Waals surface area contributed by atoms with Crippen LogP contribution in [0.5, 0.6) is 5.75 Å². The lowest BCUT2D eigenvalue weighted by molar-refractivity contribution is 0.0697. The van der Waals surface area contributed by atoms with Crippen molar-refractivity contribution in [2.45, 2.75) is 38.8 Å². The number of nitrogens with zero attached hydrogens (tertiary/aromatic N) is 1. The van der Waals surface area contributed by atoms with Crippen LogP contribution in [0.15, 0.2) is 54.6 Å². The van der Waals surface area contributed by atoms with E-state index in [4.69, 9.17) is 9.84 Å². The summed E-state index contributed by atoms with van der Waals surface area (Å²) < 4.78 is 6.16. The van der Waals surface area contributed by atoms with Crippen molar-refractivity contribution in [1.82, 2.24) is 4.90 Å². The topological polar surface area (TPSA) is 49.8 Å². The van der Waals surface area contributed by atoms with E-state index < -0.39 is 5.97 Å². The summed E-state index contributed by atoms with van der Waals surface area (Å²) in [5.41, 5.74) is 1.51. The molecule has 0 heterocycles. The quantitative estimate of drug-likeness (QED) is 0.697. The standard InChI is InChI=1S/C21H27NO3.ClH/c1-16(2)22(3)14-13-20(15-17-7-5-4-6-8-17)25-19-11-9-18(10-12-19)21(23)24;/h4-12,16,20H,13-15H2,1-3H3,(H,23,24);1H. The molecule has 26 heavy (non-hydrogen) atoms. The molecule has 1 atom stereocenters. The zero-order chi connectivity index (χ0) is 18.2. The van der Waals surface area contributed by atoms with Gasteiger partial charge in [-0.05, 0) is 57.1 Å². The first-order valence-corrected chi connectivity index (χ1v) is 8.70. The van der Waals surface area contributed by atoms with E-state index in [0.717, 1.165) is 19.4 Å². The van der Waals surface area contributed by atoms with Crippen LogP contribution in [0.4, 0.5) is 0 Å². The van der Waals surface area contributed by atoms with Crippen LogP contribution in [-0.2, 0) is 6.42 Å². The summed E-state index contributed by atoms with van der Waals surface area (Å²) in [5.74, 6) is -0.218. The first-order chi connectivity index (χ1) is 12.0. The molecule has 2 rings (SSSR count). The van der Waals surface area contributed by atoms with Gasteiger partial charge in [-0.25, -0.2) is 4.79 Å². The van der Waals surface area contributed by atoms with Gasteiger partial charge in [-0.3, -0.25) is 0 Å². The minimum absolute atomic E-state index is 0. The second-order valence-electron chi connectivity index (χ2n) is 6.62. The largest absolute Gasteiger partial charge is 0.490 e. The number of ether oxygens (including phenoxy) is 1. The number of carboxylic acid groups (broad SMARTS) is 1. The Balaban J connectivity index is 0.00000338. The average molecular weight is 378 g/mol. The highest BCUT2D eigenvalue weighted by Crippen LogP contribution is 2.18. The van der Waals surface area contributed by atoms with Gasteiger partial charge in [0.2, 0.25) is 0 Å². The molecular weight excluding hydrogens is 350 g/mol. The maximum absolute atomic E-state index is 11.0. The third-order valence-corrected chi connectivity index (χ3v) is 4.40. The van der Waals surface area contributed by atoms with Crippen LogP contribution in [-0.4, -0.2) is 41.7 Å². The average Bonchev–Trinajstić information content (AvgIpc) is 2.60. The number of rotatable bonds is 9. The number of carboxylic acids is 1. The molecule has 0 saturated carbocycles. The van der Waals surface area contributed by atoms with Crippen LogP contribution in [0.3, 0.4) is 0 Å². The molecular formula is C21H28ClNO3. The predicted octanol–water partition coefficient (Wildman–Crippen LogP) is 4.53. The maximum atomic E-state index is 11.0. The van der Waals surface area contributed by atoms with Crippen molar-refractivity contribution in [2.24, 2.45) is 0 Å². The summed E-state index contributed by atoms with van der Waals surface area (Å²) >= 11 is 0. The van der Waals surface area contributed by atoms with Crippen LogP contribution in [0.2, 0.25) is 0 Å². The predicted molar refractivity (Wildman–Crippen MR) is 108 cm³/mol. The van der Waals surface area contributed by atoms with Gasteiger partial charge in [-0.15, -0.1) is 12.4 Å². The first kappa shape index (κ1) is 22.0. The molecule has 0 aliphatic heterocycles. The van der Waals surface area contributed by atoms with Gasteiger partial charge in [-0.1, -0.05) is 30.3 Å². The van der Waals surface area contributed by atoms with E-state index in [9.17, 15) is 4.79 Å². The molecule has 2 aromatic carbocycles. The zero-order valence-corrected chi connectivity index (χ0v) is 16.4. The highest BCUT2D eigenvalue weighted by Gasteiger charge is 2.14. The molecule has 0 saturated heterocycles. The highest BCUT2D eigenvalue weighted by atomic mass is 35.5.